The summed E-state index contributed by atoms with van der Waals surface area (Å²) in [4.78, 5) is 23.4. The van der Waals surface area contributed by atoms with Crippen molar-refractivity contribution in [3.63, 3.8) is 0 Å². The summed E-state index contributed by atoms with van der Waals surface area (Å²) in [7, 11) is 2.01. The maximum Gasteiger partial charge on any atom is 0.332 e. The van der Waals surface area contributed by atoms with Crippen molar-refractivity contribution in [2.75, 3.05) is 26.7 Å². The molecule has 0 spiro atoms. The van der Waals surface area contributed by atoms with Crippen molar-refractivity contribution in [2.24, 2.45) is 5.73 Å². The molecule has 30 heavy (non-hydrogen) atoms. The monoisotopic (exact) mass is 430 g/mol. The Balaban J connectivity index is 0. The molecule has 0 rings (SSSR count). The van der Waals surface area contributed by atoms with Gasteiger partial charge in [0.05, 0.1) is 6.54 Å². The Morgan fingerprint density at radius 1 is 0.833 bits per heavy atom. The second-order valence-electron chi connectivity index (χ2n) is 8.43. The van der Waals surface area contributed by atoms with Crippen molar-refractivity contribution in [3.8, 4) is 0 Å². The average Bonchev–Trinajstić information content (AvgIpc) is 2.70. The molecule has 0 amide bonds. The van der Waals surface area contributed by atoms with Gasteiger partial charge in [-0.3, -0.25) is 9.69 Å². The summed E-state index contributed by atoms with van der Waals surface area (Å²) in [5, 5.41) is 15.8. The van der Waals surface area contributed by atoms with Crippen LogP contribution >= 0.6 is 0 Å². The Morgan fingerprint density at radius 3 is 1.60 bits per heavy atom. The fraction of sp³-hybridized carbons (Fsp3) is 0.917. The average molecular weight is 431 g/mol. The number of aliphatic hydroxyl groups excluding tert-OH is 1. The first-order valence-corrected chi connectivity index (χ1v) is 12.2. The lowest BCUT2D eigenvalue weighted by atomic mass is 10.0. The molecule has 0 aromatic rings. The number of unbranched alkanes of at least 4 members (excludes halogenated alkanes) is 12. The summed E-state index contributed by atoms with van der Waals surface area (Å²) in [5.41, 5.74) is 5.49. The van der Waals surface area contributed by atoms with E-state index in [4.69, 9.17) is 15.9 Å². The smallest absolute Gasteiger partial charge is 0.332 e. The van der Waals surface area contributed by atoms with E-state index in [1.54, 1.807) is 0 Å². The van der Waals surface area contributed by atoms with Gasteiger partial charge in [-0.05, 0) is 39.9 Å². The van der Waals surface area contributed by atoms with Crippen molar-refractivity contribution in [2.45, 2.75) is 116 Å². The van der Waals surface area contributed by atoms with E-state index in [1.165, 1.54) is 84.0 Å². The van der Waals surface area contributed by atoms with Gasteiger partial charge in [-0.25, -0.2) is 4.79 Å². The van der Waals surface area contributed by atoms with Crippen molar-refractivity contribution in [1.29, 1.82) is 0 Å². The fourth-order valence-electron chi connectivity index (χ4n) is 3.16. The van der Waals surface area contributed by atoms with E-state index < -0.39 is 12.1 Å². The van der Waals surface area contributed by atoms with Crippen LogP contribution in [-0.2, 0) is 9.59 Å². The number of nitrogens with zero attached hydrogens (tertiary/aromatic N) is 1. The Morgan fingerprint density at radius 2 is 1.23 bits per heavy atom. The van der Waals surface area contributed by atoms with E-state index in [0.29, 0.717) is 18.9 Å². The number of hydrogen-bond donors (Lipinski definition) is 3. The third kappa shape index (κ3) is 27.0. The highest BCUT2D eigenvalue weighted by Crippen LogP contribution is 2.13. The first-order valence-electron chi connectivity index (χ1n) is 12.2. The molecule has 6 nitrogen and oxygen atoms in total. The molecule has 0 saturated heterocycles. The van der Waals surface area contributed by atoms with Gasteiger partial charge in [0.15, 0.2) is 0 Å². The molecular weight excluding hydrogens is 380 g/mol. The van der Waals surface area contributed by atoms with Crippen LogP contribution in [0.25, 0.3) is 0 Å². The van der Waals surface area contributed by atoms with Crippen LogP contribution < -0.4 is 5.73 Å². The molecule has 0 aromatic carbocycles. The van der Waals surface area contributed by atoms with E-state index in [0.717, 1.165) is 25.8 Å². The van der Waals surface area contributed by atoms with Crippen LogP contribution in [0.15, 0.2) is 0 Å². The number of Topliss-reactive ketones (excluding diaryl/α,β-unsaturated/α-hetero) is 1. The van der Waals surface area contributed by atoms with Crippen molar-refractivity contribution in [3.05, 3.63) is 0 Å². The van der Waals surface area contributed by atoms with Gasteiger partial charge in [0.25, 0.3) is 0 Å². The number of hydrogen-bond acceptors (Lipinski definition) is 5. The molecule has 1 atom stereocenters. The van der Waals surface area contributed by atoms with Gasteiger partial charge in [-0.1, -0.05) is 84.0 Å². The number of aliphatic hydroxyl groups is 1. The summed E-state index contributed by atoms with van der Waals surface area (Å²) < 4.78 is 0. The number of carboxylic acid groups (broad SMARTS) is 1. The predicted molar refractivity (Wildman–Crippen MR) is 126 cm³/mol. The number of likely N-dealkylation sites (N-methyl/N-ethyl adjacent to an activating group) is 1. The van der Waals surface area contributed by atoms with Crippen LogP contribution in [0.5, 0.6) is 0 Å². The zero-order chi connectivity index (χ0) is 23.0. The minimum atomic E-state index is -1.23. The topological polar surface area (TPSA) is 104 Å². The van der Waals surface area contributed by atoms with Gasteiger partial charge >= 0.3 is 5.97 Å². The number of nitrogens with two attached hydrogens (primary N) is 1. The van der Waals surface area contributed by atoms with Gasteiger partial charge in [-0.15, -0.1) is 0 Å². The van der Waals surface area contributed by atoms with Crippen LogP contribution in [0.1, 0.15) is 110 Å². The minimum Gasteiger partial charge on any atom is -0.479 e. The van der Waals surface area contributed by atoms with Gasteiger partial charge in [0.1, 0.15) is 11.9 Å². The molecular formula is C24H50N2O4. The molecule has 0 fully saturated rings. The van der Waals surface area contributed by atoms with Crippen LogP contribution in [0, 0.1) is 0 Å². The predicted octanol–water partition coefficient (Wildman–Crippen LogP) is 4.77. The van der Waals surface area contributed by atoms with Crippen molar-refractivity contribution < 1.29 is 19.8 Å². The Hall–Kier alpha value is -0.980. The van der Waals surface area contributed by atoms with Gasteiger partial charge in [0, 0.05) is 6.42 Å². The summed E-state index contributed by atoms with van der Waals surface area (Å²) in [6.07, 6.45) is 18.1. The Bertz CT molecular complexity index is 389. The zero-order valence-corrected chi connectivity index (χ0v) is 20.0. The first-order chi connectivity index (χ1) is 14.3. The van der Waals surface area contributed by atoms with Crippen molar-refractivity contribution in [1.82, 2.24) is 4.90 Å². The molecule has 0 bridgehead atoms. The van der Waals surface area contributed by atoms with Gasteiger partial charge in [0.2, 0.25) is 0 Å². The van der Waals surface area contributed by atoms with E-state index >= 15 is 0 Å². The molecule has 180 valence electrons. The molecule has 0 radical (unpaired) electrons. The highest BCUT2D eigenvalue weighted by Gasteiger charge is 2.06. The SMILES string of the molecule is CC(O)C(=O)O.CCCCCCCCCCCCCCCC(=O)CN(C)CCCN. The molecule has 0 aliphatic heterocycles. The standard InChI is InChI=1S/C21H44N2O.C3H6O3/c1-3-4-5-6-7-8-9-10-11-12-13-14-15-17-21(24)20-23(2)19-16-18-22;1-2(4)3(5)6/h3-20,22H2,1-2H3;2,4H,1H3,(H,5,6). The minimum absolute atomic E-state index is 0.387. The maximum atomic E-state index is 11.8. The van der Waals surface area contributed by atoms with Gasteiger partial charge in [-0.2, -0.15) is 0 Å². The zero-order valence-electron chi connectivity index (χ0n) is 20.0. The van der Waals surface area contributed by atoms with E-state index in [1.807, 2.05) is 7.05 Å². The Labute approximate surface area is 185 Å². The first kappa shape index (κ1) is 31.2. The number of rotatable bonds is 20. The third-order valence-corrected chi connectivity index (χ3v) is 5.11. The van der Waals surface area contributed by atoms with E-state index in [-0.39, 0.29) is 0 Å². The Kier molecular flexibility index (Phi) is 25.3. The molecule has 6 heteroatoms. The van der Waals surface area contributed by atoms with Crippen LogP contribution in [0.2, 0.25) is 0 Å². The number of carboxylic acids is 1. The summed E-state index contributed by atoms with van der Waals surface area (Å²) >= 11 is 0. The molecule has 4 N–H and O–H groups in total. The number of carbonyl (C=O) groups is 2. The van der Waals surface area contributed by atoms with E-state index in [9.17, 15) is 9.59 Å². The normalized spacial score (nSPS) is 11.8. The van der Waals surface area contributed by atoms with Gasteiger partial charge < -0.3 is 15.9 Å². The van der Waals surface area contributed by atoms with Crippen molar-refractivity contribution >= 4 is 11.8 Å². The second kappa shape index (κ2) is 24.3. The summed E-state index contributed by atoms with van der Waals surface area (Å²) in [5.74, 6) is -0.799. The molecule has 0 aliphatic carbocycles. The largest absolute Gasteiger partial charge is 0.479 e. The molecule has 1 unspecified atom stereocenters. The van der Waals surface area contributed by atoms with E-state index in [2.05, 4.69) is 11.8 Å². The van der Waals surface area contributed by atoms with Crippen LogP contribution in [-0.4, -0.2) is 59.7 Å². The summed E-state index contributed by atoms with van der Waals surface area (Å²) in [6, 6.07) is 0. The second-order valence-corrected chi connectivity index (χ2v) is 8.43. The highest BCUT2D eigenvalue weighted by molar-refractivity contribution is 5.80. The van der Waals surface area contributed by atoms with Crippen LogP contribution in [0.4, 0.5) is 0 Å². The molecule has 0 aliphatic rings. The molecule has 0 saturated carbocycles. The summed E-state index contributed by atoms with van der Waals surface area (Å²) in [6.45, 7) is 5.70. The lowest BCUT2D eigenvalue weighted by Crippen LogP contribution is -2.28. The fourth-order valence-corrected chi connectivity index (χ4v) is 3.16. The number of carbonyl (C=O) groups excluding carboxylic acids is 1. The lowest BCUT2D eigenvalue weighted by molar-refractivity contribution is -0.145. The third-order valence-electron chi connectivity index (χ3n) is 5.11. The molecule has 0 heterocycles. The maximum absolute atomic E-state index is 11.8. The number of aliphatic carboxylic acids is 1. The number of ketones is 1. The highest BCUT2D eigenvalue weighted by atomic mass is 16.4. The lowest BCUT2D eigenvalue weighted by Gasteiger charge is -2.14. The molecule has 0 aromatic heterocycles. The van der Waals surface area contributed by atoms with Crippen LogP contribution in [0.3, 0.4) is 0 Å². The quantitative estimate of drug-likeness (QED) is 0.240.